The van der Waals surface area contributed by atoms with Crippen LogP contribution in [0.25, 0.3) is 0 Å². The molecule has 1 aromatic rings. The Balaban J connectivity index is 2.10. The second-order valence-corrected chi connectivity index (χ2v) is 7.14. The molecule has 1 aliphatic rings. The Hall–Kier alpha value is -0.540. The summed E-state index contributed by atoms with van der Waals surface area (Å²) in [5.74, 6) is 2.59. The van der Waals surface area contributed by atoms with Crippen LogP contribution >= 0.6 is 15.9 Å². The Kier molecular flexibility index (Phi) is 6.56. The van der Waals surface area contributed by atoms with Gasteiger partial charge in [0.1, 0.15) is 5.75 Å². The Bertz CT molecular complexity index is 449. The normalized spacial score (nSPS) is 25.8. The van der Waals surface area contributed by atoms with E-state index < -0.39 is 0 Å². The molecule has 3 heteroatoms. The Morgan fingerprint density at radius 1 is 1.33 bits per heavy atom. The van der Waals surface area contributed by atoms with Gasteiger partial charge in [-0.2, -0.15) is 0 Å². The summed E-state index contributed by atoms with van der Waals surface area (Å²) in [4.78, 5) is 0. The van der Waals surface area contributed by atoms with Gasteiger partial charge in [-0.15, -0.1) is 0 Å². The van der Waals surface area contributed by atoms with Crippen LogP contribution in [0, 0.1) is 11.8 Å². The first-order valence-electron chi connectivity index (χ1n) is 8.17. The monoisotopic (exact) mass is 353 g/mol. The van der Waals surface area contributed by atoms with Gasteiger partial charge in [0, 0.05) is 10.5 Å². The van der Waals surface area contributed by atoms with Crippen LogP contribution in [0.5, 0.6) is 5.75 Å². The van der Waals surface area contributed by atoms with E-state index in [0.29, 0.717) is 6.04 Å². The molecule has 2 rings (SSSR count). The van der Waals surface area contributed by atoms with Crippen LogP contribution < -0.4 is 10.1 Å². The first-order chi connectivity index (χ1) is 10.2. The molecular formula is C18H28BrNO. The lowest BCUT2D eigenvalue weighted by Gasteiger charge is -2.36. The third kappa shape index (κ3) is 4.46. The molecule has 0 radical (unpaired) electrons. The molecule has 0 saturated heterocycles. The average Bonchev–Trinajstić information content (AvgIpc) is 2.50. The van der Waals surface area contributed by atoms with Crippen LogP contribution in [0.3, 0.4) is 0 Å². The number of methoxy groups -OCH3 is 1. The second-order valence-electron chi connectivity index (χ2n) is 6.28. The SMILES string of the molecule is CCCC1CCC(NC)C(Cc2cc(OC)ccc2Br)C1. The van der Waals surface area contributed by atoms with E-state index in [4.69, 9.17) is 4.74 Å². The summed E-state index contributed by atoms with van der Waals surface area (Å²) in [6.07, 6.45) is 7.87. The first kappa shape index (κ1) is 16.8. The minimum absolute atomic E-state index is 0.649. The summed E-state index contributed by atoms with van der Waals surface area (Å²) in [5.41, 5.74) is 1.37. The lowest BCUT2D eigenvalue weighted by atomic mass is 9.74. The summed E-state index contributed by atoms with van der Waals surface area (Å²) in [7, 11) is 3.85. The summed E-state index contributed by atoms with van der Waals surface area (Å²) in [6, 6.07) is 6.95. The smallest absolute Gasteiger partial charge is 0.119 e. The van der Waals surface area contributed by atoms with Crippen LogP contribution in [-0.2, 0) is 6.42 Å². The number of nitrogens with one attached hydrogen (secondary N) is 1. The maximum absolute atomic E-state index is 5.38. The topological polar surface area (TPSA) is 21.3 Å². The van der Waals surface area contributed by atoms with Gasteiger partial charge in [-0.3, -0.25) is 0 Å². The zero-order valence-electron chi connectivity index (χ0n) is 13.5. The predicted molar refractivity (Wildman–Crippen MR) is 93.0 cm³/mol. The molecule has 0 amide bonds. The van der Waals surface area contributed by atoms with Crippen molar-refractivity contribution in [1.29, 1.82) is 0 Å². The zero-order valence-corrected chi connectivity index (χ0v) is 15.1. The number of halogens is 1. The summed E-state index contributed by atoms with van der Waals surface area (Å²) in [6.45, 7) is 2.30. The summed E-state index contributed by atoms with van der Waals surface area (Å²) in [5, 5.41) is 3.54. The number of hydrogen-bond acceptors (Lipinski definition) is 2. The van der Waals surface area contributed by atoms with E-state index in [1.807, 2.05) is 6.07 Å². The highest BCUT2D eigenvalue weighted by Crippen LogP contribution is 2.36. The van der Waals surface area contributed by atoms with Gasteiger partial charge >= 0.3 is 0 Å². The highest BCUT2D eigenvalue weighted by atomic mass is 79.9. The Morgan fingerprint density at radius 3 is 2.81 bits per heavy atom. The van der Waals surface area contributed by atoms with Gasteiger partial charge in [0.25, 0.3) is 0 Å². The first-order valence-corrected chi connectivity index (χ1v) is 8.96. The van der Waals surface area contributed by atoms with Gasteiger partial charge < -0.3 is 10.1 Å². The van der Waals surface area contributed by atoms with Crippen molar-refractivity contribution in [1.82, 2.24) is 5.32 Å². The lowest BCUT2D eigenvalue weighted by molar-refractivity contribution is 0.200. The molecule has 1 aromatic carbocycles. The van der Waals surface area contributed by atoms with Gasteiger partial charge in [0.15, 0.2) is 0 Å². The van der Waals surface area contributed by atoms with Crippen LogP contribution in [-0.4, -0.2) is 20.2 Å². The molecule has 0 aliphatic heterocycles. The number of rotatable bonds is 6. The molecule has 21 heavy (non-hydrogen) atoms. The van der Waals surface area contributed by atoms with Crippen molar-refractivity contribution in [2.45, 2.75) is 51.5 Å². The number of benzene rings is 1. The van der Waals surface area contributed by atoms with E-state index in [2.05, 4.69) is 47.4 Å². The fourth-order valence-corrected chi connectivity index (χ4v) is 4.16. The Labute approximate surface area is 137 Å². The van der Waals surface area contributed by atoms with Crippen LogP contribution in [0.15, 0.2) is 22.7 Å². The fourth-order valence-electron chi connectivity index (χ4n) is 3.75. The van der Waals surface area contributed by atoms with Gasteiger partial charge in [-0.25, -0.2) is 0 Å². The van der Waals surface area contributed by atoms with E-state index in [1.165, 1.54) is 42.1 Å². The maximum Gasteiger partial charge on any atom is 0.119 e. The van der Waals surface area contributed by atoms with Crippen molar-refractivity contribution in [3.05, 3.63) is 28.2 Å². The van der Waals surface area contributed by atoms with E-state index in [1.54, 1.807) is 7.11 Å². The van der Waals surface area contributed by atoms with Crippen LogP contribution in [0.2, 0.25) is 0 Å². The minimum atomic E-state index is 0.649. The minimum Gasteiger partial charge on any atom is -0.497 e. The largest absolute Gasteiger partial charge is 0.497 e. The second kappa shape index (κ2) is 8.19. The molecule has 1 fully saturated rings. The van der Waals surface area contributed by atoms with Gasteiger partial charge in [0.05, 0.1) is 7.11 Å². The molecule has 1 aliphatic carbocycles. The van der Waals surface area contributed by atoms with E-state index in [0.717, 1.165) is 24.0 Å². The van der Waals surface area contributed by atoms with Crippen molar-refractivity contribution in [3.63, 3.8) is 0 Å². The summed E-state index contributed by atoms with van der Waals surface area (Å²) >= 11 is 3.70. The van der Waals surface area contributed by atoms with Gasteiger partial charge in [0.2, 0.25) is 0 Å². The number of ether oxygens (including phenoxy) is 1. The fraction of sp³-hybridized carbons (Fsp3) is 0.667. The van der Waals surface area contributed by atoms with Crippen LogP contribution in [0.1, 0.15) is 44.6 Å². The van der Waals surface area contributed by atoms with Gasteiger partial charge in [-0.05, 0) is 68.3 Å². The van der Waals surface area contributed by atoms with Crippen molar-refractivity contribution >= 4 is 15.9 Å². The van der Waals surface area contributed by atoms with Gasteiger partial charge in [-0.1, -0.05) is 35.7 Å². The molecule has 0 spiro atoms. The van der Waals surface area contributed by atoms with E-state index in [-0.39, 0.29) is 0 Å². The average molecular weight is 354 g/mol. The molecular weight excluding hydrogens is 326 g/mol. The third-order valence-electron chi connectivity index (χ3n) is 4.89. The highest BCUT2D eigenvalue weighted by Gasteiger charge is 2.29. The van der Waals surface area contributed by atoms with Crippen molar-refractivity contribution in [3.8, 4) is 5.75 Å². The molecule has 0 bridgehead atoms. The van der Waals surface area contributed by atoms with E-state index in [9.17, 15) is 0 Å². The summed E-state index contributed by atoms with van der Waals surface area (Å²) < 4.78 is 6.58. The van der Waals surface area contributed by atoms with Crippen molar-refractivity contribution in [2.24, 2.45) is 11.8 Å². The molecule has 1 saturated carbocycles. The zero-order chi connectivity index (χ0) is 15.2. The standard InChI is InChI=1S/C18H28BrNO/c1-4-5-13-6-9-18(20-2)15(10-13)11-14-12-16(21-3)7-8-17(14)19/h7-8,12-13,15,18,20H,4-6,9-11H2,1-3H3. The van der Waals surface area contributed by atoms with E-state index >= 15 is 0 Å². The quantitative estimate of drug-likeness (QED) is 0.792. The molecule has 3 atom stereocenters. The molecule has 1 N–H and O–H groups in total. The molecule has 3 unspecified atom stereocenters. The predicted octanol–water partition coefficient (Wildman–Crippen LogP) is 4.80. The molecule has 0 aromatic heterocycles. The number of hydrogen-bond donors (Lipinski definition) is 1. The third-order valence-corrected chi connectivity index (χ3v) is 5.67. The molecule has 0 heterocycles. The molecule has 2 nitrogen and oxygen atoms in total. The van der Waals surface area contributed by atoms with Crippen molar-refractivity contribution in [2.75, 3.05) is 14.2 Å². The Morgan fingerprint density at radius 2 is 2.14 bits per heavy atom. The lowest BCUT2D eigenvalue weighted by Crippen LogP contribution is -2.39. The molecule has 118 valence electrons. The maximum atomic E-state index is 5.38. The van der Waals surface area contributed by atoms with Crippen LogP contribution in [0.4, 0.5) is 0 Å². The highest BCUT2D eigenvalue weighted by molar-refractivity contribution is 9.10. The van der Waals surface area contributed by atoms with Crippen molar-refractivity contribution < 1.29 is 4.74 Å².